The van der Waals surface area contributed by atoms with Crippen LogP contribution in [0.15, 0.2) is 78.9 Å². The zero-order valence-corrected chi connectivity index (χ0v) is 23.3. The monoisotopic (exact) mass is 580 g/mol. The maximum absolute atomic E-state index is 14.2. The molecule has 8 nitrogen and oxygen atoms in total. The molecule has 1 heterocycles. The first kappa shape index (κ1) is 30.3. The van der Waals surface area contributed by atoms with Crippen molar-refractivity contribution in [1.82, 2.24) is 9.97 Å². The molecule has 0 aliphatic rings. The Bertz CT molecular complexity index is 1510. The molecule has 4 N–H and O–H groups in total. The Kier molecular flexibility index (Phi) is 9.31. The maximum atomic E-state index is 14.2. The Hall–Kier alpha value is -4.64. The van der Waals surface area contributed by atoms with Gasteiger partial charge in [-0.3, -0.25) is 4.79 Å². The van der Waals surface area contributed by atoms with E-state index in [1.165, 1.54) is 18.2 Å². The molecule has 0 saturated heterocycles. The van der Waals surface area contributed by atoms with Gasteiger partial charge in [0.25, 0.3) is 0 Å². The number of nitrogens with two attached hydrogens (primary N) is 2. The predicted molar refractivity (Wildman–Crippen MR) is 153 cm³/mol. The molecule has 3 aromatic carbocycles. The van der Waals surface area contributed by atoms with Crippen molar-refractivity contribution in [2.75, 3.05) is 12.8 Å². The van der Waals surface area contributed by atoms with Crippen LogP contribution in [0.4, 0.5) is 19.1 Å². The van der Waals surface area contributed by atoms with Crippen LogP contribution in [-0.2, 0) is 16.0 Å². The molecule has 1 aromatic heterocycles. The third-order valence-electron chi connectivity index (χ3n) is 6.23. The minimum atomic E-state index is -4.74. The summed E-state index contributed by atoms with van der Waals surface area (Å²) in [5, 5.41) is 0. The second-order valence-corrected chi connectivity index (χ2v) is 9.84. The minimum absolute atomic E-state index is 0.107. The number of carbonyl (C=O) groups excluding carboxylic acids is 1. The largest absolute Gasteiger partial charge is 0.497 e. The molecule has 42 heavy (non-hydrogen) atoms. The summed E-state index contributed by atoms with van der Waals surface area (Å²) >= 11 is 0. The normalized spacial score (nSPS) is 13.0. The van der Waals surface area contributed by atoms with E-state index >= 15 is 0 Å². The van der Waals surface area contributed by atoms with Crippen molar-refractivity contribution in [2.45, 2.75) is 44.7 Å². The van der Waals surface area contributed by atoms with Gasteiger partial charge in [-0.1, -0.05) is 60.7 Å². The van der Waals surface area contributed by atoms with E-state index in [1.807, 2.05) is 6.07 Å². The fraction of sp³-hybridized carbons (Fsp3) is 0.258. The molecule has 0 radical (unpaired) electrons. The van der Waals surface area contributed by atoms with Crippen molar-refractivity contribution < 1.29 is 32.2 Å². The highest BCUT2D eigenvalue weighted by molar-refractivity contribution is 5.76. The number of ether oxygens (including phenoxy) is 3. The zero-order valence-electron chi connectivity index (χ0n) is 23.3. The molecule has 220 valence electrons. The number of hydrogen-bond acceptors (Lipinski definition) is 8. The first-order chi connectivity index (χ1) is 19.9. The third-order valence-corrected chi connectivity index (χ3v) is 6.23. The highest BCUT2D eigenvalue weighted by Gasteiger charge is 2.43. The second kappa shape index (κ2) is 12.9. The smallest absolute Gasteiger partial charge is 0.429 e. The van der Waals surface area contributed by atoms with Crippen molar-refractivity contribution >= 4 is 11.9 Å². The SMILES string of the molecule is COc1cccc(-c2ccc(C(Oc3cc(-c4ccc(CC(N)C(=O)OC(C)C)cc4)nc(N)n3)C(F)(F)F)cc2)c1. The third kappa shape index (κ3) is 7.76. The molecule has 0 saturated carbocycles. The summed E-state index contributed by atoms with van der Waals surface area (Å²) in [7, 11) is 1.54. The van der Waals surface area contributed by atoms with E-state index in [4.69, 9.17) is 25.7 Å². The first-order valence-electron chi connectivity index (χ1n) is 13.1. The van der Waals surface area contributed by atoms with Gasteiger partial charge in [-0.15, -0.1) is 0 Å². The predicted octanol–water partition coefficient (Wildman–Crippen LogP) is 5.91. The van der Waals surface area contributed by atoms with E-state index in [-0.39, 0.29) is 35.6 Å². The molecule has 4 aromatic rings. The van der Waals surface area contributed by atoms with Gasteiger partial charge in [-0.25, -0.2) is 4.98 Å². The van der Waals surface area contributed by atoms with Gasteiger partial charge < -0.3 is 25.7 Å². The van der Waals surface area contributed by atoms with Crippen molar-refractivity contribution in [3.8, 4) is 34.0 Å². The number of anilines is 1. The summed E-state index contributed by atoms with van der Waals surface area (Å²) in [5.41, 5.74) is 14.8. The fourth-order valence-electron chi connectivity index (χ4n) is 4.22. The number of alkyl halides is 3. The van der Waals surface area contributed by atoms with Crippen LogP contribution in [0.25, 0.3) is 22.4 Å². The summed E-state index contributed by atoms with van der Waals surface area (Å²) in [4.78, 5) is 20.0. The molecular formula is C31H31F3N4O4. The van der Waals surface area contributed by atoms with E-state index in [0.717, 1.165) is 11.1 Å². The molecule has 2 atom stereocenters. The van der Waals surface area contributed by atoms with Gasteiger partial charge in [0.15, 0.2) is 0 Å². The number of aromatic nitrogens is 2. The second-order valence-electron chi connectivity index (χ2n) is 9.84. The highest BCUT2D eigenvalue weighted by Crippen LogP contribution is 2.38. The van der Waals surface area contributed by atoms with E-state index in [9.17, 15) is 18.0 Å². The van der Waals surface area contributed by atoms with E-state index in [2.05, 4.69) is 9.97 Å². The number of nitrogen functional groups attached to an aromatic ring is 1. The van der Waals surface area contributed by atoms with Crippen molar-refractivity contribution in [3.63, 3.8) is 0 Å². The molecule has 2 unspecified atom stereocenters. The number of nitrogens with zero attached hydrogens (tertiary/aromatic N) is 2. The van der Waals surface area contributed by atoms with Crippen LogP contribution in [0.1, 0.15) is 31.1 Å². The number of rotatable bonds is 10. The molecular weight excluding hydrogens is 549 g/mol. The molecule has 0 aliphatic heterocycles. The fourth-order valence-corrected chi connectivity index (χ4v) is 4.22. The van der Waals surface area contributed by atoms with E-state index < -0.39 is 24.3 Å². The van der Waals surface area contributed by atoms with Crippen LogP contribution in [0.2, 0.25) is 0 Å². The van der Waals surface area contributed by atoms with Gasteiger partial charge in [0.2, 0.25) is 17.9 Å². The summed E-state index contributed by atoms with van der Waals surface area (Å²) < 4.78 is 58.2. The number of hydrogen-bond donors (Lipinski definition) is 2. The number of esters is 1. The van der Waals surface area contributed by atoms with Gasteiger partial charge in [-0.05, 0) is 49.1 Å². The first-order valence-corrected chi connectivity index (χ1v) is 13.1. The topological polar surface area (TPSA) is 123 Å². The summed E-state index contributed by atoms with van der Waals surface area (Å²) in [5.74, 6) is -0.457. The lowest BCUT2D eigenvalue weighted by molar-refractivity contribution is -0.198. The maximum Gasteiger partial charge on any atom is 0.429 e. The number of halogens is 3. The van der Waals surface area contributed by atoms with Crippen LogP contribution < -0.4 is 20.9 Å². The molecule has 0 fully saturated rings. The molecule has 11 heteroatoms. The lowest BCUT2D eigenvalue weighted by Crippen LogP contribution is -2.35. The Labute approximate surface area is 241 Å². The van der Waals surface area contributed by atoms with Crippen molar-refractivity contribution in [3.05, 3.63) is 90.0 Å². The Balaban J connectivity index is 1.54. The Morgan fingerprint density at radius 1 is 0.905 bits per heavy atom. The Morgan fingerprint density at radius 2 is 1.57 bits per heavy atom. The molecule has 0 amide bonds. The van der Waals surface area contributed by atoms with Crippen LogP contribution in [0.3, 0.4) is 0 Å². The highest BCUT2D eigenvalue weighted by atomic mass is 19.4. The Morgan fingerprint density at radius 3 is 2.19 bits per heavy atom. The average Bonchev–Trinajstić information content (AvgIpc) is 2.95. The standard InChI is InChI=1S/C31H31F3N4O4/c1-18(2)41-29(39)25(35)15-19-7-9-21(10-8-19)26-17-27(38-30(36)37-26)42-28(31(32,33)34)22-13-11-20(12-14-22)23-5-4-6-24(16-23)40-3/h4-14,16-18,25,28H,15,35H2,1-3H3,(H2,36,37,38). The molecule has 0 spiro atoms. The molecule has 0 bridgehead atoms. The van der Waals surface area contributed by atoms with Crippen LogP contribution >= 0.6 is 0 Å². The van der Waals surface area contributed by atoms with Crippen LogP contribution in [0.5, 0.6) is 11.6 Å². The van der Waals surface area contributed by atoms with Gasteiger partial charge in [-0.2, -0.15) is 18.2 Å². The number of methoxy groups -OCH3 is 1. The summed E-state index contributed by atoms with van der Waals surface area (Å²) in [6.45, 7) is 3.47. The lowest BCUT2D eigenvalue weighted by atomic mass is 10.0. The average molecular weight is 581 g/mol. The van der Waals surface area contributed by atoms with Crippen molar-refractivity contribution in [2.24, 2.45) is 5.73 Å². The lowest BCUT2D eigenvalue weighted by Gasteiger charge is -2.22. The number of benzene rings is 3. The molecule has 0 aliphatic carbocycles. The van der Waals surface area contributed by atoms with Gasteiger partial charge in [0.05, 0.1) is 18.9 Å². The van der Waals surface area contributed by atoms with Crippen LogP contribution in [0, 0.1) is 0 Å². The summed E-state index contributed by atoms with van der Waals surface area (Å²) in [6.07, 6.45) is -7.07. The van der Waals surface area contributed by atoms with Gasteiger partial charge >= 0.3 is 12.1 Å². The number of carbonyl (C=O) groups is 1. The van der Waals surface area contributed by atoms with Crippen molar-refractivity contribution in [1.29, 1.82) is 0 Å². The molecule has 4 rings (SSSR count). The summed E-state index contributed by atoms with van der Waals surface area (Å²) in [6, 6.07) is 20.4. The van der Waals surface area contributed by atoms with Crippen LogP contribution in [-0.4, -0.2) is 41.4 Å². The van der Waals surface area contributed by atoms with Gasteiger partial charge in [0.1, 0.15) is 11.8 Å². The zero-order chi connectivity index (χ0) is 30.4. The van der Waals surface area contributed by atoms with E-state index in [1.54, 1.807) is 75.6 Å². The van der Waals surface area contributed by atoms with E-state index in [0.29, 0.717) is 16.9 Å². The minimum Gasteiger partial charge on any atom is -0.497 e. The quantitative estimate of drug-likeness (QED) is 0.222. The van der Waals surface area contributed by atoms with Gasteiger partial charge in [0, 0.05) is 17.2 Å².